The summed E-state index contributed by atoms with van der Waals surface area (Å²) in [5.74, 6) is 0.0573. The van der Waals surface area contributed by atoms with Gasteiger partial charge in [0.15, 0.2) is 0 Å². The molecule has 0 atom stereocenters. The van der Waals surface area contributed by atoms with E-state index in [2.05, 4.69) is 9.97 Å². The number of nitrogens with zero attached hydrogens (tertiary/aromatic N) is 1. The van der Waals surface area contributed by atoms with E-state index in [9.17, 15) is 9.18 Å². The minimum absolute atomic E-state index is 0.128. The largest absolute Gasteiger partial charge is 0.309 e. The van der Waals surface area contributed by atoms with E-state index in [0.29, 0.717) is 11.3 Å². The van der Waals surface area contributed by atoms with E-state index in [1.165, 1.54) is 12.1 Å². The van der Waals surface area contributed by atoms with Crippen LogP contribution in [-0.2, 0) is 5.88 Å². The van der Waals surface area contributed by atoms with Gasteiger partial charge in [-0.1, -0.05) is 0 Å². The fourth-order valence-electron chi connectivity index (χ4n) is 1.22. The fourth-order valence-corrected chi connectivity index (χ4v) is 1.35. The molecule has 1 heterocycles. The molecule has 0 radical (unpaired) electrons. The highest BCUT2D eigenvalue weighted by Crippen LogP contribution is 2.09. The van der Waals surface area contributed by atoms with E-state index >= 15 is 0 Å². The summed E-state index contributed by atoms with van der Waals surface area (Å²) in [7, 11) is 0. The Kier molecular flexibility index (Phi) is 2.21. The number of halogens is 2. The zero-order valence-corrected chi connectivity index (χ0v) is 7.81. The van der Waals surface area contributed by atoms with E-state index < -0.39 is 5.82 Å². The minimum Gasteiger partial charge on any atom is -0.309 e. The van der Waals surface area contributed by atoms with Crippen LogP contribution in [0.4, 0.5) is 4.39 Å². The van der Waals surface area contributed by atoms with Crippen molar-refractivity contribution in [1.82, 2.24) is 9.97 Å². The third-order valence-electron chi connectivity index (χ3n) is 1.84. The Hall–Kier alpha value is -1.42. The maximum absolute atomic E-state index is 12.8. The lowest BCUT2D eigenvalue weighted by Crippen LogP contribution is -2.11. The molecular weight excluding hydrogens is 207 g/mol. The summed E-state index contributed by atoms with van der Waals surface area (Å²) < 4.78 is 12.8. The summed E-state index contributed by atoms with van der Waals surface area (Å²) in [6, 6.07) is 3.86. The third kappa shape index (κ3) is 1.48. The summed E-state index contributed by atoms with van der Waals surface area (Å²) in [6.45, 7) is 0. The molecule has 0 saturated heterocycles. The van der Waals surface area contributed by atoms with Crippen LogP contribution in [0.1, 0.15) is 5.82 Å². The van der Waals surface area contributed by atoms with Crippen LogP contribution in [0.2, 0.25) is 0 Å². The van der Waals surface area contributed by atoms with E-state index in [1.54, 1.807) is 0 Å². The van der Waals surface area contributed by atoms with Gasteiger partial charge in [-0.05, 0) is 18.2 Å². The quantitative estimate of drug-likeness (QED) is 0.733. The Bertz CT molecular complexity index is 538. The number of hydrogen-bond acceptors (Lipinski definition) is 2. The number of hydrogen-bond donors (Lipinski definition) is 1. The molecule has 2 aromatic rings. The van der Waals surface area contributed by atoms with Crippen molar-refractivity contribution in [2.24, 2.45) is 0 Å². The Morgan fingerprint density at radius 1 is 1.50 bits per heavy atom. The molecule has 0 bridgehead atoms. The molecule has 72 valence electrons. The molecule has 2 rings (SSSR count). The van der Waals surface area contributed by atoms with Crippen molar-refractivity contribution in [2.45, 2.75) is 5.88 Å². The van der Waals surface area contributed by atoms with Crippen LogP contribution >= 0.6 is 11.6 Å². The van der Waals surface area contributed by atoms with E-state index in [1.807, 2.05) is 0 Å². The maximum atomic E-state index is 12.8. The standard InChI is InChI=1S/C9H6ClFN2O/c10-4-8-12-7-2-1-5(11)3-6(7)9(14)13-8/h1-3H,4H2,(H,12,13,14). The lowest BCUT2D eigenvalue weighted by Gasteiger charge is -1.98. The number of aromatic amines is 1. The molecule has 0 aliphatic rings. The summed E-state index contributed by atoms with van der Waals surface area (Å²) in [4.78, 5) is 17.9. The van der Waals surface area contributed by atoms with E-state index in [-0.39, 0.29) is 16.8 Å². The molecule has 3 nitrogen and oxygen atoms in total. The molecule has 0 aliphatic carbocycles. The predicted molar refractivity (Wildman–Crippen MR) is 51.9 cm³/mol. The zero-order chi connectivity index (χ0) is 10.1. The topological polar surface area (TPSA) is 45.8 Å². The van der Waals surface area contributed by atoms with Gasteiger partial charge in [0.25, 0.3) is 5.56 Å². The second-order valence-corrected chi connectivity index (χ2v) is 3.07. The lowest BCUT2D eigenvalue weighted by atomic mass is 10.2. The number of nitrogens with one attached hydrogen (secondary N) is 1. The van der Waals surface area contributed by atoms with Gasteiger partial charge in [0, 0.05) is 0 Å². The Labute approximate surface area is 83.5 Å². The zero-order valence-electron chi connectivity index (χ0n) is 7.05. The molecule has 14 heavy (non-hydrogen) atoms. The summed E-state index contributed by atoms with van der Waals surface area (Å²) in [6.07, 6.45) is 0. The van der Waals surface area contributed by atoms with Crippen LogP contribution in [0.25, 0.3) is 10.9 Å². The van der Waals surface area contributed by atoms with Crippen LogP contribution in [0.15, 0.2) is 23.0 Å². The Morgan fingerprint density at radius 2 is 2.29 bits per heavy atom. The smallest absolute Gasteiger partial charge is 0.258 e. The van der Waals surface area contributed by atoms with Crippen LogP contribution < -0.4 is 5.56 Å². The number of alkyl halides is 1. The molecule has 0 amide bonds. The van der Waals surface area contributed by atoms with Crippen LogP contribution in [0, 0.1) is 5.82 Å². The molecule has 0 unspecified atom stereocenters. The van der Waals surface area contributed by atoms with E-state index in [4.69, 9.17) is 11.6 Å². The molecule has 1 aromatic heterocycles. The minimum atomic E-state index is -0.455. The average Bonchev–Trinajstić information content (AvgIpc) is 2.19. The first-order valence-electron chi connectivity index (χ1n) is 3.95. The van der Waals surface area contributed by atoms with Crippen molar-refractivity contribution in [3.63, 3.8) is 0 Å². The SMILES string of the molecule is O=c1[nH]c(CCl)nc2ccc(F)cc12. The molecular formula is C9H6ClFN2O. The molecule has 1 aromatic carbocycles. The summed E-state index contributed by atoms with van der Waals surface area (Å²) in [5.41, 5.74) is 0.0796. The number of H-pyrrole nitrogens is 1. The van der Waals surface area contributed by atoms with Crippen molar-refractivity contribution in [1.29, 1.82) is 0 Å². The summed E-state index contributed by atoms with van der Waals surface area (Å²) >= 11 is 5.52. The van der Waals surface area contributed by atoms with E-state index in [0.717, 1.165) is 6.07 Å². The maximum Gasteiger partial charge on any atom is 0.258 e. The number of aromatic nitrogens is 2. The predicted octanol–water partition coefficient (Wildman–Crippen LogP) is 1.80. The highest BCUT2D eigenvalue weighted by atomic mass is 35.5. The highest BCUT2D eigenvalue weighted by Gasteiger charge is 2.03. The monoisotopic (exact) mass is 212 g/mol. The van der Waals surface area contributed by atoms with Gasteiger partial charge >= 0.3 is 0 Å². The van der Waals surface area contributed by atoms with Gasteiger partial charge in [-0.15, -0.1) is 11.6 Å². The number of fused-ring (bicyclic) bond motifs is 1. The van der Waals surface area contributed by atoms with Gasteiger partial charge in [0.2, 0.25) is 0 Å². The molecule has 0 aliphatic heterocycles. The first-order valence-corrected chi connectivity index (χ1v) is 4.48. The Morgan fingerprint density at radius 3 is 3.00 bits per heavy atom. The normalized spacial score (nSPS) is 10.7. The third-order valence-corrected chi connectivity index (χ3v) is 2.10. The average molecular weight is 213 g/mol. The van der Waals surface area contributed by atoms with Crippen molar-refractivity contribution in [3.8, 4) is 0 Å². The number of rotatable bonds is 1. The molecule has 1 N–H and O–H groups in total. The van der Waals surface area contributed by atoms with Crippen molar-refractivity contribution < 1.29 is 4.39 Å². The fraction of sp³-hybridized carbons (Fsp3) is 0.111. The second kappa shape index (κ2) is 3.38. The molecule has 5 heteroatoms. The van der Waals surface area contributed by atoms with Crippen LogP contribution in [0.5, 0.6) is 0 Å². The van der Waals surface area contributed by atoms with Gasteiger partial charge in [-0.25, -0.2) is 9.37 Å². The molecule has 0 fully saturated rings. The Balaban J connectivity index is 2.83. The van der Waals surface area contributed by atoms with Crippen molar-refractivity contribution in [2.75, 3.05) is 0 Å². The summed E-state index contributed by atoms with van der Waals surface area (Å²) in [5, 5.41) is 0.235. The van der Waals surface area contributed by atoms with Gasteiger partial charge in [0.1, 0.15) is 11.6 Å². The van der Waals surface area contributed by atoms with Crippen molar-refractivity contribution >= 4 is 22.5 Å². The van der Waals surface area contributed by atoms with Gasteiger partial charge in [0.05, 0.1) is 16.8 Å². The molecule has 0 saturated carbocycles. The van der Waals surface area contributed by atoms with Crippen LogP contribution in [-0.4, -0.2) is 9.97 Å². The highest BCUT2D eigenvalue weighted by molar-refractivity contribution is 6.16. The van der Waals surface area contributed by atoms with Crippen LogP contribution in [0.3, 0.4) is 0 Å². The number of benzene rings is 1. The van der Waals surface area contributed by atoms with Gasteiger partial charge < -0.3 is 4.98 Å². The lowest BCUT2D eigenvalue weighted by molar-refractivity contribution is 0.629. The van der Waals surface area contributed by atoms with Gasteiger partial charge in [-0.3, -0.25) is 4.79 Å². The van der Waals surface area contributed by atoms with Gasteiger partial charge in [-0.2, -0.15) is 0 Å². The van der Waals surface area contributed by atoms with Crippen molar-refractivity contribution in [3.05, 3.63) is 40.2 Å². The first-order chi connectivity index (χ1) is 6.70. The second-order valence-electron chi connectivity index (χ2n) is 2.81. The molecule has 0 spiro atoms. The first kappa shape index (κ1) is 9.15.